The summed E-state index contributed by atoms with van der Waals surface area (Å²) >= 11 is 6.15. The molecule has 0 aliphatic heterocycles. The number of halogens is 1. The summed E-state index contributed by atoms with van der Waals surface area (Å²) in [4.78, 5) is 11.9. The van der Waals surface area contributed by atoms with Gasteiger partial charge in [-0.3, -0.25) is 4.79 Å². The van der Waals surface area contributed by atoms with Crippen LogP contribution in [0.5, 0.6) is 0 Å². The van der Waals surface area contributed by atoms with Crippen LogP contribution >= 0.6 is 11.6 Å². The van der Waals surface area contributed by atoms with Gasteiger partial charge in [0.05, 0.1) is 0 Å². The molecule has 0 aliphatic rings. The molecule has 0 spiro atoms. The van der Waals surface area contributed by atoms with Crippen molar-refractivity contribution in [3.8, 4) is 0 Å². The zero-order chi connectivity index (χ0) is 13.1. The van der Waals surface area contributed by atoms with Crippen molar-refractivity contribution < 1.29 is 4.79 Å². The van der Waals surface area contributed by atoms with E-state index in [2.05, 4.69) is 12.2 Å². The lowest BCUT2D eigenvalue weighted by molar-refractivity contribution is -0.122. The minimum Gasteiger partial charge on any atom is -0.350 e. The molecule has 0 radical (unpaired) electrons. The van der Waals surface area contributed by atoms with Crippen molar-refractivity contribution in [2.45, 2.75) is 45.0 Å². The predicted molar refractivity (Wildman–Crippen MR) is 72.3 cm³/mol. The number of alkyl halides is 1. The monoisotopic (exact) mass is 253 g/mol. The topological polar surface area (TPSA) is 29.1 Å². The molecular formula is C14H20ClNO. The maximum absolute atomic E-state index is 11.9. The number of rotatable bonds is 3. The van der Waals surface area contributed by atoms with Crippen molar-refractivity contribution in [3.05, 3.63) is 35.4 Å². The van der Waals surface area contributed by atoms with E-state index in [0.29, 0.717) is 0 Å². The number of benzene rings is 1. The highest BCUT2D eigenvalue weighted by Gasteiger charge is 2.22. The Balaban J connectivity index is 2.74. The van der Waals surface area contributed by atoms with Gasteiger partial charge in [-0.1, -0.05) is 31.2 Å². The van der Waals surface area contributed by atoms with E-state index < -0.39 is 5.38 Å². The lowest BCUT2D eigenvalue weighted by Gasteiger charge is -2.22. The van der Waals surface area contributed by atoms with Crippen LogP contribution in [0.3, 0.4) is 0 Å². The van der Waals surface area contributed by atoms with Gasteiger partial charge in [0.15, 0.2) is 0 Å². The van der Waals surface area contributed by atoms with Crippen molar-refractivity contribution >= 4 is 17.5 Å². The number of aryl methyl sites for hydroxylation is 1. The third-order valence-electron chi connectivity index (χ3n) is 2.41. The van der Waals surface area contributed by atoms with Crippen LogP contribution in [0.2, 0.25) is 0 Å². The molecule has 1 N–H and O–H groups in total. The number of hydrogen-bond acceptors (Lipinski definition) is 1. The van der Waals surface area contributed by atoms with Gasteiger partial charge < -0.3 is 5.32 Å². The zero-order valence-electron chi connectivity index (χ0n) is 10.9. The molecule has 1 aromatic rings. The van der Waals surface area contributed by atoms with E-state index in [9.17, 15) is 4.79 Å². The average molecular weight is 254 g/mol. The summed E-state index contributed by atoms with van der Waals surface area (Å²) in [5.74, 6) is -0.150. The number of carbonyl (C=O) groups excluding carboxylic acids is 1. The van der Waals surface area contributed by atoms with Crippen molar-refractivity contribution in [1.82, 2.24) is 5.32 Å². The smallest absolute Gasteiger partial charge is 0.242 e. The average Bonchev–Trinajstić information content (AvgIpc) is 2.26. The zero-order valence-corrected chi connectivity index (χ0v) is 11.6. The fraction of sp³-hybridized carbons (Fsp3) is 0.500. The Morgan fingerprint density at radius 1 is 1.29 bits per heavy atom. The van der Waals surface area contributed by atoms with E-state index >= 15 is 0 Å². The Labute approximate surface area is 108 Å². The van der Waals surface area contributed by atoms with Gasteiger partial charge in [0, 0.05) is 5.54 Å². The summed E-state index contributed by atoms with van der Waals surface area (Å²) in [5, 5.41) is 2.25. The van der Waals surface area contributed by atoms with Crippen molar-refractivity contribution in [2.75, 3.05) is 0 Å². The Bertz CT molecular complexity index is 378. The molecule has 1 amide bonds. The molecule has 0 aliphatic carbocycles. The van der Waals surface area contributed by atoms with Gasteiger partial charge in [-0.25, -0.2) is 0 Å². The van der Waals surface area contributed by atoms with Crippen molar-refractivity contribution in [2.24, 2.45) is 0 Å². The molecular weight excluding hydrogens is 234 g/mol. The van der Waals surface area contributed by atoms with Crippen LogP contribution < -0.4 is 5.32 Å². The van der Waals surface area contributed by atoms with Crippen molar-refractivity contribution in [1.29, 1.82) is 0 Å². The van der Waals surface area contributed by atoms with Gasteiger partial charge in [0.1, 0.15) is 5.38 Å². The van der Waals surface area contributed by atoms with Crippen LogP contribution in [0.1, 0.15) is 44.2 Å². The molecule has 0 fully saturated rings. The fourth-order valence-corrected chi connectivity index (χ4v) is 1.71. The van der Waals surface area contributed by atoms with E-state index in [0.717, 1.165) is 12.0 Å². The van der Waals surface area contributed by atoms with Gasteiger partial charge in [-0.05, 0) is 38.3 Å². The molecule has 0 aromatic heterocycles. The van der Waals surface area contributed by atoms with Crippen LogP contribution in [0.4, 0.5) is 0 Å². The fourth-order valence-electron chi connectivity index (χ4n) is 1.51. The largest absolute Gasteiger partial charge is 0.350 e. The lowest BCUT2D eigenvalue weighted by Crippen LogP contribution is -2.42. The Kier molecular flexibility index (Phi) is 4.58. The maximum Gasteiger partial charge on any atom is 0.242 e. The van der Waals surface area contributed by atoms with Crippen LogP contribution in [0, 0.1) is 0 Å². The maximum atomic E-state index is 11.9. The molecule has 0 bridgehead atoms. The molecule has 0 saturated heterocycles. The molecule has 1 aromatic carbocycles. The molecule has 3 heteroatoms. The molecule has 94 valence electrons. The first-order chi connectivity index (χ1) is 7.83. The van der Waals surface area contributed by atoms with Gasteiger partial charge in [-0.2, -0.15) is 0 Å². The Hall–Kier alpha value is -1.02. The summed E-state index contributed by atoms with van der Waals surface area (Å²) in [5.41, 5.74) is 1.83. The van der Waals surface area contributed by atoms with E-state index in [1.807, 2.05) is 45.0 Å². The molecule has 1 rings (SSSR count). The predicted octanol–water partition coefficient (Wildman–Crippen LogP) is 3.44. The third-order valence-corrected chi connectivity index (χ3v) is 2.86. The molecule has 1 atom stereocenters. The second-order valence-corrected chi connectivity index (χ2v) is 5.63. The van der Waals surface area contributed by atoms with Gasteiger partial charge in [-0.15, -0.1) is 11.6 Å². The van der Waals surface area contributed by atoms with Crippen LogP contribution in [-0.2, 0) is 11.2 Å². The molecule has 2 nitrogen and oxygen atoms in total. The summed E-state index contributed by atoms with van der Waals surface area (Å²) in [6.07, 6.45) is 0.988. The summed E-state index contributed by atoms with van der Waals surface area (Å²) in [7, 11) is 0. The molecule has 17 heavy (non-hydrogen) atoms. The quantitative estimate of drug-likeness (QED) is 0.822. The van der Waals surface area contributed by atoms with Crippen LogP contribution in [0.15, 0.2) is 24.3 Å². The van der Waals surface area contributed by atoms with Gasteiger partial charge >= 0.3 is 0 Å². The SMILES string of the molecule is CCc1ccc(C(Cl)C(=O)NC(C)(C)C)cc1. The Morgan fingerprint density at radius 2 is 1.82 bits per heavy atom. The van der Waals surface area contributed by atoms with Crippen LogP contribution in [0.25, 0.3) is 0 Å². The highest BCUT2D eigenvalue weighted by Crippen LogP contribution is 2.22. The Morgan fingerprint density at radius 3 is 2.24 bits per heavy atom. The van der Waals surface area contributed by atoms with Crippen molar-refractivity contribution in [3.63, 3.8) is 0 Å². The highest BCUT2D eigenvalue weighted by atomic mass is 35.5. The second kappa shape index (κ2) is 5.54. The first-order valence-electron chi connectivity index (χ1n) is 5.88. The summed E-state index contributed by atoms with van der Waals surface area (Å²) in [6, 6.07) is 7.85. The van der Waals surface area contributed by atoms with Gasteiger partial charge in [0.2, 0.25) is 5.91 Å². The first-order valence-corrected chi connectivity index (χ1v) is 6.32. The van der Waals surface area contributed by atoms with E-state index in [-0.39, 0.29) is 11.4 Å². The first kappa shape index (κ1) is 14.0. The molecule has 1 unspecified atom stereocenters. The van der Waals surface area contributed by atoms with Gasteiger partial charge in [0.25, 0.3) is 0 Å². The van der Waals surface area contributed by atoms with E-state index in [1.54, 1.807) is 0 Å². The van der Waals surface area contributed by atoms with E-state index in [4.69, 9.17) is 11.6 Å². The number of amides is 1. The van der Waals surface area contributed by atoms with E-state index in [1.165, 1.54) is 5.56 Å². The minimum absolute atomic E-state index is 0.150. The molecule has 0 heterocycles. The van der Waals surface area contributed by atoms with Crippen LogP contribution in [-0.4, -0.2) is 11.4 Å². The summed E-state index contributed by atoms with van der Waals surface area (Å²) in [6.45, 7) is 7.91. The number of hydrogen-bond donors (Lipinski definition) is 1. The number of nitrogens with one attached hydrogen (secondary N) is 1. The number of carbonyl (C=O) groups is 1. The lowest BCUT2D eigenvalue weighted by atomic mass is 10.1. The highest BCUT2D eigenvalue weighted by molar-refractivity contribution is 6.30. The minimum atomic E-state index is -0.625. The standard InChI is InChI=1S/C14H20ClNO/c1-5-10-6-8-11(9-7-10)12(15)13(17)16-14(2,3)4/h6-9,12H,5H2,1-4H3,(H,16,17). The third kappa shape index (κ3) is 4.39. The second-order valence-electron chi connectivity index (χ2n) is 5.20. The molecule has 0 saturated carbocycles. The summed E-state index contributed by atoms with van der Waals surface area (Å²) < 4.78 is 0. The normalized spacial score (nSPS) is 13.2.